The van der Waals surface area contributed by atoms with Crippen LogP contribution in [0.5, 0.6) is 0 Å². The molecule has 0 aliphatic rings. The number of aryl methyl sites for hydroxylation is 1. The van der Waals surface area contributed by atoms with E-state index in [0.717, 1.165) is 20.7 Å². The van der Waals surface area contributed by atoms with E-state index in [4.69, 9.17) is 5.11 Å². The number of hydrogen-bond donors (Lipinski definition) is 1. The van der Waals surface area contributed by atoms with Gasteiger partial charge in [0.2, 0.25) is 0 Å². The Hall–Kier alpha value is -0.710. The smallest absolute Gasteiger partial charge is 0.124 e. The zero-order valence-corrected chi connectivity index (χ0v) is 10.6. The SMILES string of the molecule is Cc1ccc(-c2nc(CO)cs2)c(Br)c1. The Labute approximate surface area is 101 Å². The summed E-state index contributed by atoms with van der Waals surface area (Å²) in [6.45, 7) is 2.05. The van der Waals surface area contributed by atoms with Crippen LogP contribution in [0, 0.1) is 6.92 Å². The number of aliphatic hydroxyl groups is 1. The molecule has 78 valence electrons. The molecule has 2 nitrogen and oxygen atoms in total. The van der Waals surface area contributed by atoms with E-state index in [9.17, 15) is 0 Å². The maximum absolute atomic E-state index is 8.94. The van der Waals surface area contributed by atoms with Gasteiger partial charge in [0.05, 0.1) is 12.3 Å². The summed E-state index contributed by atoms with van der Waals surface area (Å²) in [7, 11) is 0. The lowest BCUT2D eigenvalue weighted by Crippen LogP contribution is -1.84. The first kappa shape index (κ1) is 10.8. The zero-order chi connectivity index (χ0) is 10.8. The average Bonchev–Trinajstić information content (AvgIpc) is 2.66. The largest absolute Gasteiger partial charge is 0.390 e. The first-order chi connectivity index (χ1) is 7.20. The van der Waals surface area contributed by atoms with Gasteiger partial charge in [0.15, 0.2) is 0 Å². The molecule has 0 fully saturated rings. The van der Waals surface area contributed by atoms with Crippen molar-refractivity contribution >= 4 is 27.3 Å². The Balaban J connectivity index is 2.44. The van der Waals surface area contributed by atoms with Crippen LogP contribution in [0.4, 0.5) is 0 Å². The highest BCUT2D eigenvalue weighted by Gasteiger charge is 2.07. The Bertz CT molecular complexity index is 481. The van der Waals surface area contributed by atoms with Crippen molar-refractivity contribution in [1.82, 2.24) is 4.98 Å². The van der Waals surface area contributed by atoms with E-state index < -0.39 is 0 Å². The summed E-state index contributed by atoms with van der Waals surface area (Å²) in [6.07, 6.45) is 0. The summed E-state index contributed by atoms with van der Waals surface area (Å²) in [5.41, 5.74) is 3.01. The highest BCUT2D eigenvalue weighted by molar-refractivity contribution is 9.10. The number of rotatable bonds is 2. The molecule has 1 aromatic heterocycles. The van der Waals surface area contributed by atoms with Crippen molar-refractivity contribution in [3.63, 3.8) is 0 Å². The van der Waals surface area contributed by atoms with Crippen LogP contribution in [0.2, 0.25) is 0 Å². The normalized spacial score (nSPS) is 10.6. The predicted octanol–water partition coefficient (Wildman–Crippen LogP) is 3.37. The summed E-state index contributed by atoms with van der Waals surface area (Å²) in [5.74, 6) is 0. The maximum atomic E-state index is 8.94. The third-order valence-electron chi connectivity index (χ3n) is 2.07. The molecule has 15 heavy (non-hydrogen) atoms. The van der Waals surface area contributed by atoms with Crippen molar-refractivity contribution in [2.24, 2.45) is 0 Å². The number of halogens is 1. The summed E-state index contributed by atoms with van der Waals surface area (Å²) in [6, 6.07) is 6.16. The molecule has 0 spiro atoms. The van der Waals surface area contributed by atoms with Crippen molar-refractivity contribution in [1.29, 1.82) is 0 Å². The first-order valence-corrected chi connectivity index (χ1v) is 6.20. The van der Waals surface area contributed by atoms with Gasteiger partial charge in [0.1, 0.15) is 5.01 Å². The van der Waals surface area contributed by atoms with E-state index in [0.29, 0.717) is 0 Å². The molecule has 1 N–H and O–H groups in total. The van der Waals surface area contributed by atoms with Crippen LogP contribution in [0.25, 0.3) is 10.6 Å². The number of thiazole rings is 1. The zero-order valence-electron chi connectivity index (χ0n) is 8.20. The molecule has 1 heterocycles. The molecule has 2 aromatic rings. The molecule has 0 saturated carbocycles. The molecule has 0 unspecified atom stereocenters. The Morgan fingerprint density at radius 1 is 1.47 bits per heavy atom. The van der Waals surface area contributed by atoms with Gasteiger partial charge in [-0.3, -0.25) is 0 Å². The third kappa shape index (κ3) is 2.27. The lowest BCUT2D eigenvalue weighted by molar-refractivity contribution is 0.278. The Kier molecular flexibility index (Phi) is 3.19. The van der Waals surface area contributed by atoms with E-state index in [2.05, 4.69) is 40.0 Å². The summed E-state index contributed by atoms with van der Waals surface area (Å²) >= 11 is 5.07. The topological polar surface area (TPSA) is 33.1 Å². The van der Waals surface area contributed by atoms with Crippen molar-refractivity contribution in [2.75, 3.05) is 0 Å². The Morgan fingerprint density at radius 3 is 2.87 bits per heavy atom. The molecule has 0 bridgehead atoms. The van der Waals surface area contributed by atoms with Crippen LogP contribution in [0.15, 0.2) is 28.1 Å². The van der Waals surface area contributed by atoms with Gasteiger partial charge in [-0.15, -0.1) is 11.3 Å². The van der Waals surface area contributed by atoms with Crippen LogP contribution in [0.1, 0.15) is 11.3 Å². The molecule has 1 aromatic carbocycles. The number of benzene rings is 1. The average molecular weight is 284 g/mol. The highest BCUT2D eigenvalue weighted by Crippen LogP contribution is 2.31. The molecular weight excluding hydrogens is 274 g/mol. The van der Waals surface area contributed by atoms with Crippen LogP contribution in [0.3, 0.4) is 0 Å². The van der Waals surface area contributed by atoms with Gasteiger partial charge in [-0.1, -0.05) is 28.1 Å². The van der Waals surface area contributed by atoms with E-state index in [1.165, 1.54) is 5.56 Å². The lowest BCUT2D eigenvalue weighted by atomic mass is 10.2. The first-order valence-electron chi connectivity index (χ1n) is 4.52. The lowest BCUT2D eigenvalue weighted by Gasteiger charge is -2.01. The van der Waals surface area contributed by atoms with E-state index in [1.807, 2.05) is 11.4 Å². The molecule has 0 saturated heterocycles. The minimum absolute atomic E-state index is 0.0000194. The third-order valence-corrected chi connectivity index (χ3v) is 3.65. The van der Waals surface area contributed by atoms with Gasteiger partial charge >= 0.3 is 0 Å². The maximum Gasteiger partial charge on any atom is 0.124 e. The predicted molar refractivity (Wildman–Crippen MR) is 65.9 cm³/mol. The molecule has 0 atom stereocenters. The minimum Gasteiger partial charge on any atom is -0.390 e. The molecule has 0 radical (unpaired) electrons. The van der Waals surface area contributed by atoms with Crippen LogP contribution < -0.4 is 0 Å². The van der Waals surface area contributed by atoms with Gasteiger partial charge in [-0.2, -0.15) is 0 Å². The molecule has 0 aliphatic carbocycles. The highest BCUT2D eigenvalue weighted by atomic mass is 79.9. The van der Waals surface area contributed by atoms with Gasteiger partial charge in [-0.25, -0.2) is 4.98 Å². The number of hydrogen-bond acceptors (Lipinski definition) is 3. The van der Waals surface area contributed by atoms with Crippen molar-refractivity contribution in [2.45, 2.75) is 13.5 Å². The molecule has 0 aliphatic heterocycles. The molecule has 0 amide bonds. The quantitative estimate of drug-likeness (QED) is 0.917. The fraction of sp³-hybridized carbons (Fsp3) is 0.182. The standard InChI is InChI=1S/C11H10BrNOS/c1-7-2-3-9(10(12)4-7)11-13-8(5-14)6-15-11/h2-4,6,14H,5H2,1H3. The second-order valence-corrected chi connectivity index (χ2v) is 5.00. The number of aliphatic hydroxyl groups excluding tert-OH is 1. The minimum atomic E-state index is -0.0000194. The van der Waals surface area contributed by atoms with E-state index >= 15 is 0 Å². The van der Waals surface area contributed by atoms with Gasteiger partial charge in [-0.05, 0) is 18.6 Å². The van der Waals surface area contributed by atoms with Crippen LogP contribution in [-0.4, -0.2) is 10.1 Å². The fourth-order valence-corrected chi connectivity index (χ4v) is 2.96. The number of nitrogens with zero attached hydrogens (tertiary/aromatic N) is 1. The van der Waals surface area contributed by atoms with Gasteiger partial charge in [0, 0.05) is 15.4 Å². The fourth-order valence-electron chi connectivity index (χ4n) is 1.30. The van der Waals surface area contributed by atoms with Crippen LogP contribution >= 0.6 is 27.3 Å². The summed E-state index contributed by atoms with van der Waals surface area (Å²) in [5, 5.41) is 11.8. The molecule has 2 rings (SSSR count). The number of aromatic nitrogens is 1. The van der Waals surface area contributed by atoms with Crippen molar-refractivity contribution < 1.29 is 5.11 Å². The monoisotopic (exact) mass is 283 g/mol. The summed E-state index contributed by atoms with van der Waals surface area (Å²) < 4.78 is 1.04. The van der Waals surface area contributed by atoms with E-state index in [-0.39, 0.29) is 6.61 Å². The van der Waals surface area contributed by atoms with E-state index in [1.54, 1.807) is 11.3 Å². The summed E-state index contributed by atoms with van der Waals surface area (Å²) in [4.78, 5) is 4.33. The Morgan fingerprint density at radius 2 is 2.27 bits per heavy atom. The van der Waals surface area contributed by atoms with Crippen molar-refractivity contribution in [3.05, 3.63) is 39.3 Å². The second kappa shape index (κ2) is 4.43. The van der Waals surface area contributed by atoms with Crippen molar-refractivity contribution in [3.8, 4) is 10.6 Å². The van der Waals surface area contributed by atoms with Crippen LogP contribution in [-0.2, 0) is 6.61 Å². The molecular formula is C11H10BrNOS. The van der Waals surface area contributed by atoms with Gasteiger partial charge in [0.25, 0.3) is 0 Å². The second-order valence-electron chi connectivity index (χ2n) is 3.29. The molecule has 4 heteroatoms. The van der Waals surface area contributed by atoms with Gasteiger partial charge < -0.3 is 5.11 Å².